The van der Waals surface area contributed by atoms with Gasteiger partial charge in [-0.2, -0.15) is 0 Å². The zero-order valence-electron chi connectivity index (χ0n) is 15.5. The molecule has 2 heterocycles. The molecule has 0 N–H and O–H groups in total. The highest BCUT2D eigenvalue weighted by atomic mass is 35.5. The third-order valence-electron chi connectivity index (χ3n) is 5.39. The molecule has 0 radical (unpaired) electrons. The largest absolute Gasteiger partial charge is 0.325 e. The van der Waals surface area contributed by atoms with Crippen LogP contribution in [0.5, 0.6) is 0 Å². The van der Waals surface area contributed by atoms with E-state index in [2.05, 4.69) is 0 Å². The molecule has 4 rings (SSSR count). The van der Waals surface area contributed by atoms with Crippen molar-refractivity contribution in [1.29, 1.82) is 0 Å². The number of nitro groups is 1. The first-order valence-electron chi connectivity index (χ1n) is 8.96. The number of urea groups is 1. The van der Waals surface area contributed by atoms with Gasteiger partial charge in [-0.3, -0.25) is 15.0 Å². The molecule has 0 bridgehead atoms. The van der Waals surface area contributed by atoms with Crippen molar-refractivity contribution in [1.82, 2.24) is 4.90 Å². The first-order valence-corrected chi connectivity index (χ1v) is 11.2. The van der Waals surface area contributed by atoms with E-state index in [1.807, 2.05) is 6.92 Å². The smallest absolute Gasteiger partial charge is 0.314 e. The van der Waals surface area contributed by atoms with Crippen molar-refractivity contribution < 1.29 is 18.1 Å². The lowest BCUT2D eigenvalue weighted by atomic mass is 10.1. The topological polar surface area (TPSA) is 101 Å². The van der Waals surface area contributed by atoms with E-state index in [9.17, 15) is 23.3 Å². The van der Waals surface area contributed by atoms with Gasteiger partial charge in [-0.15, -0.1) is 0 Å². The lowest BCUT2D eigenvalue weighted by Gasteiger charge is -2.23. The molecule has 29 heavy (non-hydrogen) atoms. The van der Waals surface area contributed by atoms with Gasteiger partial charge in [-0.25, -0.2) is 13.2 Å². The zero-order chi connectivity index (χ0) is 20.9. The summed E-state index contributed by atoms with van der Waals surface area (Å²) in [5.41, 5.74) is 1.89. The molecule has 2 amide bonds. The molecule has 2 aliphatic heterocycles. The normalized spacial score (nSPS) is 22.8. The number of halogens is 1. The standard InChI is InChI=1S/C19H18ClN3O5S/c1-12-5-6-14(8-16(12)20)22-18-11-29(27,28)10-17(18)21(19(22)24)9-13-3-2-4-15(7-13)23(25)26/h2-8,17-18H,9-11H2,1H3/t17-,18+/m1/s1. The van der Waals surface area contributed by atoms with Crippen molar-refractivity contribution in [3.63, 3.8) is 0 Å². The van der Waals surface area contributed by atoms with Gasteiger partial charge in [0.2, 0.25) is 0 Å². The quantitative estimate of drug-likeness (QED) is 0.417. The van der Waals surface area contributed by atoms with Crippen LogP contribution in [0.1, 0.15) is 11.1 Å². The number of hydrogen-bond acceptors (Lipinski definition) is 5. The average molecular weight is 436 g/mol. The number of rotatable bonds is 4. The van der Waals surface area contributed by atoms with Gasteiger partial charge in [0.15, 0.2) is 9.84 Å². The summed E-state index contributed by atoms with van der Waals surface area (Å²) in [5, 5.41) is 11.5. The molecule has 2 aromatic carbocycles. The number of non-ortho nitro benzene ring substituents is 1. The lowest BCUT2D eigenvalue weighted by Crippen LogP contribution is -2.37. The summed E-state index contributed by atoms with van der Waals surface area (Å²) in [7, 11) is -3.31. The average Bonchev–Trinajstić information content (AvgIpc) is 3.08. The minimum Gasteiger partial charge on any atom is -0.314 e. The van der Waals surface area contributed by atoms with E-state index in [0.717, 1.165) is 5.56 Å². The van der Waals surface area contributed by atoms with Crippen molar-refractivity contribution >= 4 is 38.8 Å². The Morgan fingerprint density at radius 2 is 1.90 bits per heavy atom. The summed E-state index contributed by atoms with van der Waals surface area (Å²) in [6.07, 6.45) is 0. The fourth-order valence-corrected chi connectivity index (χ4v) is 6.09. The van der Waals surface area contributed by atoms with Gasteiger partial charge in [-0.05, 0) is 30.2 Å². The molecule has 8 nitrogen and oxygen atoms in total. The number of fused-ring (bicyclic) bond motifs is 1. The number of carbonyl (C=O) groups is 1. The highest BCUT2D eigenvalue weighted by Gasteiger charge is 2.53. The Bertz CT molecular complexity index is 1120. The third kappa shape index (κ3) is 3.56. The monoisotopic (exact) mass is 435 g/mol. The molecular weight excluding hydrogens is 418 g/mol. The summed E-state index contributed by atoms with van der Waals surface area (Å²) >= 11 is 6.22. The van der Waals surface area contributed by atoms with Gasteiger partial charge in [0.25, 0.3) is 5.69 Å². The minimum atomic E-state index is -3.31. The number of anilines is 1. The predicted octanol–water partition coefficient (Wildman–Crippen LogP) is 3.16. The molecule has 0 saturated carbocycles. The van der Waals surface area contributed by atoms with E-state index in [-0.39, 0.29) is 29.8 Å². The molecule has 2 atom stereocenters. The summed E-state index contributed by atoms with van der Waals surface area (Å²) in [5.74, 6) is -0.255. The maximum atomic E-state index is 13.2. The molecule has 2 saturated heterocycles. The van der Waals surface area contributed by atoms with Gasteiger partial charge in [0.1, 0.15) is 0 Å². The molecule has 152 valence electrons. The van der Waals surface area contributed by atoms with Crippen LogP contribution in [0.3, 0.4) is 0 Å². The first kappa shape index (κ1) is 19.7. The van der Waals surface area contributed by atoms with Crippen LogP contribution in [0.2, 0.25) is 5.02 Å². The molecule has 0 spiro atoms. The molecule has 2 fully saturated rings. The van der Waals surface area contributed by atoms with Crippen LogP contribution in [-0.4, -0.2) is 47.9 Å². The van der Waals surface area contributed by atoms with Gasteiger partial charge in [0.05, 0.1) is 28.5 Å². The van der Waals surface area contributed by atoms with Crippen LogP contribution >= 0.6 is 11.6 Å². The van der Waals surface area contributed by atoms with Crippen LogP contribution in [0.4, 0.5) is 16.2 Å². The van der Waals surface area contributed by atoms with Crippen LogP contribution in [0.15, 0.2) is 42.5 Å². The van der Waals surface area contributed by atoms with Gasteiger partial charge < -0.3 is 4.90 Å². The number of hydrogen-bond donors (Lipinski definition) is 0. The maximum absolute atomic E-state index is 13.2. The van der Waals surface area contributed by atoms with Crippen molar-refractivity contribution in [2.75, 3.05) is 16.4 Å². The number of sulfone groups is 1. The van der Waals surface area contributed by atoms with Crippen molar-refractivity contribution in [2.45, 2.75) is 25.6 Å². The van der Waals surface area contributed by atoms with Gasteiger partial charge in [0, 0.05) is 29.4 Å². The van der Waals surface area contributed by atoms with Crippen molar-refractivity contribution in [2.24, 2.45) is 0 Å². The summed E-state index contributed by atoms with van der Waals surface area (Å²) in [6, 6.07) is 9.82. The minimum absolute atomic E-state index is 0.0769. The Kier molecular flexibility index (Phi) is 4.74. The second-order valence-corrected chi connectivity index (χ2v) is 9.91. The van der Waals surface area contributed by atoms with E-state index in [4.69, 9.17) is 11.6 Å². The molecule has 0 aliphatic carbocycles. The maximum Gasteiger partial charge on any atom is 0.325 e. The van der Waals surface area contributed by atoms with Crippen LogP contribution in [0, 0.1) is 17.0 Å². The van der Waals surface area contributed by atoms with E-state index in [1.165, 1.54) is 21.9 Å². The number of nitro benzene ring substituents is 1. The predicted molar refractivity (Wildman–Crippen MR) is 109 cm³/mol. The Morgan fingerprint density at radius 1 is 1.17 bits per heavy atom. The lowest BCUT2D eigenvalue weighted by molar-refractivity contribution is -0.384. The van der Waals surface area contributed by atoms with E-state index in [0.29, 0.717) is 16.3 Å². The van der Waals surface area contributed by atoms with E-state index in [1.54, 1.807) is 30.3 Å². The third-order valence-corrected chi connectivity index (χ3v) is 7.49. The molecule has 2 aliphatic rings. The number of carbonyl (C=O) groups excluding carboxylic acids is 1. The van der Waals surface area contributed by atoms with Crippen molar-refractivity contribution in [3.05, 3.63) is 68.7 Å². The second-order valence-electron chi connectivity index (χ2n) is 7.35. The number of nitrogens with zero attached hydrogens (tertiary/aromatic N) is 3. The molecule has 10 heteroatoms. The summed E-state index contributed by atoms with van der Waals surface area (Å²) < 4.78 is 24.6. The van der Waals surface area contributed by atoms with E-state index >= 15 is 0 Å². The fourth-order valence-electron chi connectivity index (χ4n) is 3.96. The molecular formula is C19H18ClN3O5S. The van der Waals surface area contributed by atoms with Gasteiger partial charge >= 0.3 is 6.03 Å². The summed E-state index contributed by atoms with van der Waals surface area (Å²) in [4.78, 5) is 26.7. The zero-order valence-corrected chi connectivity index (χ0v) is 17.1. The Hall–Kier alpha value is -2.65. The number of aryl methyl sites for hydroxylation is 1. The molecule has 2 aromatic rings. The van der Waals surface area contributed by atoms with E-state index < -0.39 is 26.8 Å². The number of benzene rings is 2. The summed E-state index contributed by atoms with van der Waals surface area (Å²) in [6.45, 7) is 1.93. The first-order chi connectivity index (χ1) is 13.7. The SMILES string of the molecule is Cc1ccc(N2C(=O)N(Cc3cccc([N+](=O)[O-])c3)[C@@H]3CS(=O)(=O)C[C@@H]32)cc1Cl. The fraction of sp³-hybridized carbons (Fsp3) is 0.316. The molecule has 0 unspecified atom stereocenters. The van der Waals surface area contributed by atoms with Crippen molar-refractivity contribution in [3.8, 4) is 0 Å². The van der Waals surface area contributed by atoms with Crippen LogP contribution < -0.4 is 4.90 Å². The molecule has 0 aromatic heterocycles. The second kappa shape index (κ2) is 7.00. The Morgan fingerprint density at radius 3 is 2.59 bits per heavy atom. The van der Waals surface area contributed by atoms with Crippen LogP contribution in [-0.2, 0) is 16.4 Å². The van der Waals surface area contributed by atoms with Crippen LogP contribution in [0.25, 0.3) is 0 Å². The Balaban J connectivity index is 1.71. The number of amides is 2. The highest BCUT2D eigenvalue weighted by Crippen LogP contribution is 2.37. The van der Waals surface area contributed by atoms with Gasteiger partial charge in [-0.1, -0.05) is 29.8 Å². The Labute approximate surface area is 172 Å². The highest BCUT2D eigenvalue weighted by molar-refractivity contribution is 7.91.